The van der Waals surface area contributed by atoms with E-state index in [0.29, 0.717) is 0 Å². The SMILES string of the molecule is O=C(NCCCC1CCCC1)c1ccc2c(c1)CCCN2. The van der Waals surface area contributed by atoms with Crippen molar-refractivity contribution in [1.29, 1.82) is 0 Å². The van der Waals surface area contributed by atoms with Gasteiger partial charge in [-0.25, -0.2) is 0 Å². The Morgan fingerprint density at radius 1 is 1.24 bits per heavy atom. The second-order valence-electron chi connectivity index (χ2n) is 6.45. The number of rotatable bonds is 5. The predicted molar refractivity (Wildman–Crippen MR) is 86.8 cm³/mol. The lowest BCUT2D eigenvalue weighted by atomic mass is 10.0. The van der Waals surface area contributed by atoms with E-state index in [2.05, 4.69) is 10.6 Å². The third-order valence-electron chi connectivity index (χ3n) is 4.86. The molecule has 1 fully saturated rings. The molecule has 21 heavy (non-hydrogen) atoms. The molecule has 0 unspecified atom stereocenters. The summed E-state index contributed by atoms with van der Waals surface area (Å²) in [6.45, 7) is 1.85. The average Bonchev–Trinajstić information content (AvgIpc) is 3.04. The van der Waals surface area contributed by atoms with Crippen LogP contribution in [0.1, 0.15) is 60.9 Å². The van der Waals surface area contributed by atoms with Gasteiger partial charge in [-0.15, -0.1) is 0 Å². The van der Waals surface area contributed by atoms with Gasteiger partial charge >= 0.3 is 0 Å². The number of nitrogens with one attached hydrogen (secondary N) is 2. The molecule has 114 valence electrons. The molecule has 0 atom stereocenters. The van der Waals surface area contributed by atoms with E-state index in [1.54, 1.807) is 0 Å². The highest BCUT2D eigenvalue weighted by atomic mass is 16.1. The minimum absolute atomic E-state index is 0.0785. The van der Waals surface area contributed by atoms with Crippen LogP contribution < -0.4 is 10.6 Å². The van der Waals surface area contributed by atoms with Crippen molar-refractivity contribution in [3.8, 4) is 0 Å². The van der Waals surface area contributed by atoms with Gasteiger partial charge in [0, 0.05) is 24.3 Å². The fourth-order valence-electron chi connectivity index (χ4n) is 3.61. The van der Waals surface area contributed by atoms with Crippen molar-refractivity contribution in [2.24, 2.45) is 5.92 Å². The molecule has 3 nitrogen and oxygen atoms in total. The first-order valence-electron chi connectivity index (χ1n) is 8.48. The van der Waals surface area contributed by atoms with E-state index < -0.39 is 0 Å². The summed E-state index contributed by atoms with van der Waals surface area (Å²) in [6.07, 6.45) is 10.2. The Hall–Kier alpha value is -1.51. The standard InChI is InChI=1S/C18H26N2O/c21-18(20-12-3-7-14-5-1-2-6-14)16-9-10-17-15(13-16)8-4-11-19-17/h9-10,13-14,19H,1-8,11-12H2,(H,20,21). The minimum Gasteiger partial charge on any atom is -0.385 e. The van der Waals surface area contributed by atoms with Crippen LogP contribution in [0, 0.1) is 5.92 Å². The first-order chi connectivity index (χ1) is 10.3. The van der Waals surface area contributed by atoms with Crippen molar-refractivity contribution >= 4 is 11.6 Å². The van der Waals surface area contributed by atoms with Crippen LogP contribution in [0.25, 0.3) is 0 Å². The van der Waals surface area contributed by atoms with Crippen LogP contribution in [0.2, 0.25) is 0 Å². The topological polar surface area (TPSA) is 41.1 Å². The van der Waals surface area contributed by atoms with Crippen LogP contribution in [0.5, 0.6) is 0 Å². The van der Waals surface area contributed by atoms with Gasteiger partial charge in [0.1, 0.15) is 0 Å². The first kappa shape index (κ1) is 14.4. The Morgan fingerprint density at radius 2 is 2.10 bits per heavy atom. The average molecular weight is 286 g/mol. The van der Waals surface area contributed by atoms with Crippen molar-refractivity contribution in [2.45, 2.75) is 51.4 Å². The molecule has 1 aliphatic carbocycles. The lowest BCUT2D eigenvalue weighted by Crippen LogP contribution is -2.25. The van der Waals surface area contributed by atoms with Gasteiger partial charge in [-0.1, -0.05) is 25.7 Å². The highest BCUT2D eigenvalue weighted by molar-refractivity contribution is 5.94. The highest BCUT2D eigenvalue weighted by Gasteiger charge is 2.15. The van der Waals surface area contributed by atoms with E-state index in [4.69, 9.17) is 0 Å². The zero-order valence-corrected chi connectivity index (χ0v) is 12.8. The molecule has 0 bridgehead atoms. The fraction of sp³-hybridized carbons (Fsp3) is 0.611. The summed E-state index contributed by atoms with van der Waals surface area (Å²) >= 11 is 0. The van der Waals surface area contributed by atoms with Gasteiger partial charge in [0.15, 0.2) is 0 Å². The first-order valence-corrected chi connectivity index (χ1v) is 8.48. The van der Waals surface area contributed by atoms with Gasteiger partial charge in [-0.05, 0) is 55.4 Å². The van der Waals surface area contributed by atoms with Crippen LogP contribution in [0.4, 0.5) is 5.69 Å². The highest BCUT2D eigenvalue weighted by Crippen LogP contribution is 2.28. The van der Waals surface area contributed by atoms with E-state index in [1.807, 2.05) is 18.2 Å². The lowest BCUT2D eigenvalue weighted by molar-refractivity contribution is 0.0952. The van der Waals surface area contributed by atoms with E-state index in [1.165, 1.54) is 43.4 Å². The monoisotopic (exact) mass is 286 g/mol. The number of aryl methyl sites for hydroxylation is 1. The van der Waals surface area contributed by atoms with Gasteiger partial charge in [0.05, 0.1) is 0 Å². The minimum atomic E-state index is 0.0785. The predicted octanol–water partition coefficient (Wildman–Crippen LogP) is 3.74. The molecule has 0 spiro atoms. The molecule has 2 N–H and O–H groups in total. The maximum atomic E-state index is 12.2. The molecule has 1 aromatic carbocycles. The molecule has 1 amide bonds. The molecule has 1 saturated carbocycles. The Morgan fingerprint density at radius 3 is 2.95 bits per heavy atom. The molecular weight excluding hydrogens is 260 g/mol. The number of hydrogen-bond acceptors (Lipinski definition) is 2. The summed E-state index contributed by atoms with van der Waals surface area (Å²) in [4.78, 5) is 12.2. The fourth-order valence-corrected chi connectivity index (χ4v) is 3.61. The number of carbonyl (C=O) groups is 1. The van der Waals surface area contributed by atoms with Crippen molar-refractivity contribution in [3.05, 3.63) is 29.3 Å². The molecule has 2 aliphatic rings. The molecule has 0 aromatic heterocycles. The molecule has 1 aliphatic heterocycles. The second-order valence-corrected chi connectivity index (χ2v) is 6.45. The van der Waals surface area contributed by atoms with Crippen LogP contribution >= 0.6 is 0 Å². The molecule has 3 rings (SSSR count). The molecule has 0 saturated heterocycles. The van der Waals surface area contributed by atoms with Crippen LogP contribution in [-0.2, 0) is 6.42 Å². The van der Waals surface area contributed by atoms with E-state index in [9.17, 15) is 4.79 Å². The summed E-state index contributed by atoms with van der Waals surface area (Å²) in [5.74, 6) is 0.992. The van der Waals surface area contributed by atoms with Crippen LogP contribution in [0.15, 0.2) is 18.2 Å². The number of carbonyl (C=O) groups excluding carboxylic acids is 1. The Labute approximate surface area is 127 Å². The maximum absolute atomic E-state index is 12.2. The zero-order valence-electron chi connectivity index (χ0n) is 12.8. The number of fused-ring (bicyclic) bond motifs is 1. The normalized spacial score (nSPS) is 18.1. The van der Waals surface area contributed by atoms with E-state index >= 15 is 0 Å². The quantitative estimate of drug-likeness (QED) is 0.810. The third-order valence-corrected chi connectivity index (χ3v) is 4.86. The van der Waals surface area contributed by atoms with Crippen molar-refractivity contribution < 1.29 is 4.79 Å². The Kier molecular flexibility index (Phi) is 4.79. The molecular formula is C18H26N2O. The Bertz CT molecular complexity index is 492. The number of hydrogen-bond donors (Lipinski definition) is 2. The second kappa shape index (κ2) is 6.97. The Balaban J connectivity index is 1.46. The van der Waals surface area contributed by atoms with Crippen molar-refractivity contribution in [2.75, 3.05) is 18.4 Å². The van der Waals surface area contributed by atoms with Crippen molar-refractivity contribution in [1.82, 2.24) is 5.32 Å². The van der Waals surface area contributed by atoms with Crippen LogP contribution in [-0.4, -0.2) is 19.0 Å². The van der Waals surface area contributed by atoms with Crippen LogP contribution in [0.3, 0.4) is 0 Å². The lowest BCUT2D eigenvalue weighted by Gasteiger charge is -2.18. The summed E-state index contributed by atoms with van der Waals surface area (Å²) in [6, 6.07) is 6.03. The van der Waals surface area contributed by atoms with Gasteiger partial charge in [0.25, 0.3) is 5.91 Å². The van der Waals surface area contributed by atoms with Gasteiger partial charge in [0.2, 0.25) is 0 Å². The number of benzene rings is 1. The number of amides is 1. The van der Waals surface area contributed by atoms with Gasteiger partial charge in [-0.2, -0.15) is 0 Å². The zero-order chi connectivity index (χ0) is 14.5. The summed E-state index contributed by atoms with van der Waals surface area (Å²) in [5.41, 5.74) is 3.28. The molecule has 0 radical (unpaired) electrons. The summed E-state index contributed by atoms with van der Waals surface area (Å²) in [7, 11) is 0. The smallest absolute Gasteiger partial charge is 0.251 e. The van der Waals surface area contributed by atoms with E-state index in [-0.39, 0.29) is 5.91 Å². The van der Waals surface area contributed by atoms with Crippen molar-refractivity contribution in [3.63, 3.8) is 0 Å². The summed E-state index contributed by atoms with van der Waals surface area (Å²) in [5, 5.41) is 6.45. The summed E-state index contributed by atoms with van der Waals surface area (Å²) < 4.78 is 0. The largest absolute Gasteiger partial charge is 0.385 e. The van der Waals surface area contributed by atoms with Gasteiger partial charge in [-0.3, -0.25) is 4.79 Å². The molecule has 3 heteroatoms. The maximum Gasteiger partial charge on any atom is 0.251 e. The van der Waals surface area contributed by atoms with E-state index in [0.717, 1.165) is 43.8 Å². The molecule has 1 aromatic rings. The number of anilines is 1. The third kappa shape index (κ3) is 3.78. The van der Waals surface area contributed by atoms with Gasteiger partial charge < -0.3 is 10.6 Å². The molecule has 1 heterocycles.